The van der Waals surface area contributed by atoms with Crippen LogP contribution in [0.2, 0.25) is 0 Å². The van der Waals surface area contributed by atoms with Crippen molar-refractivity contribution in [3.63, 3.8) is 0 Å². The monoisotopic (exact) mass is 278 g/mol. The van der Waals surface area contributed by atoms with Crippen LogP contribution in [0.5, 0.6) is 0 Å². The lowest BCUT2D eigenvalue weighted by Gasteiger charge is -2.38. The third-order valence-corrected chi connectivity index (χ3v) is 5.86. The highest BCUT2D eigenvalue weighted by Gasteiger charge is 2.34. The lowest BCUT2D eigenvalue weighted by atomic mass is 9.67. The molecule has 3 heteroatoms. The van der Waals surface area contributed by atoms with Gasteiger partial charge in [0.2, 0.25) is 5.91 Å². The lowest BCUT2D eigenvalue weighted by molar-refractivity contribution is -0.127. The molecule has 2 N–H and O–H groups in total. The number of hydrogen-bond acceptors (Lipinski definition) is 2. The van der Waals surface area contributed by atoms with Gasteiger partial charge < -0.3 is 10.6 Å². The Labute approximate surface area is 123 Å². The molecule has 1 saturated heterocycles. The van der Waals surface area contributed by atoms with Crippen molar-refractivity contribution in [2.24, 2.45) is 17.8 Å². The Morgan fingerprint density at radius 1 is 1.00 bits per heavy atom. The van der Waals surface area contributed by atoms with Crippen LogP contribution in [0.1, 0.15) is 64.2 Å². The van der Waals surface area contributed by atoms with Gasteiger partial charge in [0.1, 0.15) is 0 Å². The van der Waals surface area contributed by atoms with Gasteiger partial charge >= 0.3 is 0 Å². The molecule has 1 aliphatic heterocycles. The number of hydrogen-bond donors (Lipinski definition) is 2. The van der Waals surface area contributed by atoms with Gasteiger partial charge in [-0.05, 0) is 56.9 Å². The van der Waals surface area contributed by atoms with Crippen molar-refractivity contribution >= 4 is 5.91 Å². The van der Waals surface area contributed by atoms with Gasteiger partial charge in [-0.3, -0.25) is 4.79 Å². The molecule has 0 spiro atoms. The van der Waals surface area contributed by atoms with Crippen LogP contribution in [0.3, 0.4) is 0 Å². The Morgan fingerprint density at radius 3 is 2.65 bits per heavy atom. The molecule has 1 amide bonds. The van der Waals surface area contributed by atoms with Crippen molar-refractivity contribution in [3.8, 4) is 0 Å². The largest absolute Gasteiger partial charge is 0.356 e. The van der Waals surface area contributed by atoms with Gasteiger partial charge in [0, 0.05) is 18.5 Å². The van der Waals surface area contributed by atoms with E-state index < -0.39 is 0 Å². The molecule has 0 aromatic rings. The number of amides is 1. The Balaban J connectivity index is 1.38. The molecule has 20 heavy (non-hydrogen) atoms. The SMILES string of the molecule is O=C(NCC[C@@H]1CCCN1)C1CCC2CCCCC2C1. The molecule has 4 atom stereocenters. The van der Waals surface area contributed by atoms with E-state index in [1.54, 1.807) is 0 Å². The lowest BCUT2D eigenvalue weighted by Crippen LogP contribution is -2.38. The third kappa shape index (κ3) is 3.55. The molecule has 3 unspecified atom stereocenters. The van der Waals surface area contributed by atoms with Crippen molar-refractivity contribution in [2.75, 3.05) is 13.1 Å². The van der Waals surface area contributed by atoms with E-state index >= 15 is 0 Å². The fourth-order valence-corrected chi connectivity index (χ4v) is 4.63. The summed E-state index contributed by atoms with van der Waals surface area (Å²) in [6, 6.07) is 0.643. The molecule has 2 saturated carbocycles. The van der Waals surface area contributed by atoms with Gasteiger partial charge in [0.25, 0.3) is 0 Å². The fraction of sp³-hybridized carbons (Fsp3) is 0.941. The summed E-state index contributed by atoms with van der Waals surface area (Å²) in [7, 11) is 0. The van der Waals surface area contributed by atoms with Gasteiger partial charge in [-0.2, -0.15) is 0 Å². The van der Waals surface area contributed by atoms with Gasteiger partial charge in [-0.25, -0.2) is 0 Å². The summed E-state index contributed by atoms with van der Waals surface area (Å²) in [6.45, 7) is 2.02. The molecule has 0 bridgehead atoms. The van der Waals surface area contributed by atoms with Gasteiger partial charge in [-0.1, -0.05) is 25.7 Å². The highest BCUT2D eigenvalue weighted by Crippen LogP contribution is 2.42. The number of carbonyl (C=O) groups is 1. The van der Waals surface area contributed by atoms with Crippen molar-refractivity contribution in [1.29, 1.82) is 0 Å². The minimum Gasteiger partial charge on any atom is -0.356 e. The average molecular weight is 278 g/mol. The molecule has 0 radical (unpaired) electrons. The molecule has 0 aromatic heterocycles. The van der Waals surface area contributed by atoms with Gasteiger partial charge in [0.05, 0.1) is 0 Å². The van der Waals surface area contributed by atoms with Crippen LogP contribution in [-0.2, 0) is 4.79 Å². The summed E-state index contributed by atoms with van der Waals surface area (Å²) in [5.41, 5.74) is 0. The zero-order valence-corrected chi connectivity index (χ0v) is 12.7. The van der Waals surface area contributed by atoms with Crippen LogP contribution in [0.25, 0.3) is 0 Å². The third-order valence-electron chi connectivity index (χ3n) is 5.86. The summed E-state index contributed by atoms with van der Waals surface area (Å²) < 4.78 is 0. The molecule has 2 aliphatic carbocycles. The van der Waals surface area contributed by atoms with E-state index in [2.05, 4.69) is 10.6 Å². The molecule has 3 nitrogen and oxygen atoms in total. The molecule has 3 rings (SSSR count). The van der Waals surface area contributed by atoms with E-state index in [0.29, 0.717) is 17.9 Å². The van der Waals surface area contributed by atoms with E-state index in [4.69, 9.17) is 0 Å². The summed E-state index contributed by atoms with van der Waals surface area (Å²) in [5, 5.41) is 6.69. The molecule has 114 valence electrons. The summed E-state index contributed by atoms with van der Waals surface area (Å²) in [6.07, 6.45) is 12.9. The smallest absolute Gasteiger partial charge is 0.223 e. The molecular weight excluding hydrogens is 248 g/mol. The molecule has 3 fully saturated rings. The van der Waals surface area contributed by atoms with Crippen molar-refractivity contribution in [2.45, 2.75) is 70.3 Å². The number of carbonyl (C=O) groups excluding carboxylic acids is 1. The molecular formula is C17H30N2O. The predicted octanol–water partition coefficient (Wildman–Crippen LogP) is 2.85. The van der Waals surface area contributed by atoms with E-state index in [1.807, 2.05) is 0 Å². The first-order chi connectivity index (χ1) is 9.83. The van der Waals surface area contributed by atoms with Crippen LogP contribution in [0, 0.1) is 17.8 Å². The quantitative estimate of drug-likeness (QED) is 0.830. The van der Waals surface area contributed by atoms with Crippen molar-refractivity contribution in [1.82, 2.24) is 10.6 Å². The second-order valence-corrected chi connectivity index (χ2v) is 7.19. The number of nitrogens with one attached hydrogen (secondary N) is 2. The predicted molar refractivity (Wildman–Crippen MR) is 81.4 cm³/mol. The Bertz CT molecular complexity index is 325. The standard InChI is InChI=1S/C17H30N2O/c20-17(19-11-9-16-6-3-10-18-16)15-8-7-13-4-1-2-5-14(13)12-15/h13-16,18H,1-12H2,(H,19,20)/t13?,14?,15?,16-/m0/s1. The highest BCUT2D eigenvalue weighted by molar-refractivity contribution is 5.78. The first-order valence-corrected chi connectivity index (χ1v) is 8.84. The molecule has 0 aromatic carbocycles. The minimum absolute atomic E-state index is 0.311. The first-order valence-electron chi connectivity index (χ1n) is 8.84. The van der Waals surface area contributed by atoms with Crippen LogP contribution in [-0.4, -0.2) is 25.0 Å². The second kappa shape index (κ2) is 6.93. The zero-order chi connectivity index (χ0) is 13.8. The summed E-state index contributed by atoms with van der Waals surface area (Å²) >= 11 is 0. The molecule has 3 aliphatic rings. The van der Waals surface area contributed by atoms with E-state index in [-0.39, 0.29) is 0 Å². The first kappa shape index (κ1) is 14.4. The minimum atomic E-state index is 0.311. The second-order valence-electron chi connectivity index (χ2n) is 7.19. The molecule has 1 heterocycles. The van der Waals surface area contributed by atoms with Crippen LogP contribution >= 0.6 is 0 Å². The van der Waals surface area contributed by atoms with Crippen LogP contribution in [0.4, 0.5) is 0 Å². The average Bonchev–Trinajstić information content (AvgIpc) is 3.00. The maximum Gasteiger partial charge on any atom is 0.223 e. The van der Waals surface area contributed by atoms with Crippen molar-refractivity contribution < 1.29 is 4.79 Å². The maximum absolute atomic E-state index is 12.3. The highest BCUT2D eigenvalue weighted by atomic mass is 16.1. The topological polar surface area (TPSA) is 41.1 Å². The number of fused-ring (bicyclic) bond motifs is 1. The van der Waals surface area contributed by atoms with Gasteiger partial charge in [-0.15, -0.1) is 0 Å². The van der Waals surface area contributed by atoms with Gasteiger partial charge in [0.15, 0.2) is 0 Å². The van der Waals surface area contributed by atoms with E-state index in [0.717, 1.165) is 44.2 Å². The number of rotatable bonds is 4. The summed E-state index contributed by atoms with van der Waals surface area (Å²) in [5.74, 6) is 2.44. The Morgan fingerprint density at radius 2 is 1.85 bits per heavy atom. The Kier molecular flexibility index (Phi) is 4.98. The van der Waals surface area contributed by atoms with Crippen molar-refractivity contribution in [3.05, 3.63) is 0 Å². The van der Waals surface area contributed by atoms with E-state index in [1.165, 1.54) is 44.9 Å². The zero-order valence-electron chi connectivity index (χ0n) is 12.7. The normalized spacial score (nSPS) is 37.4. The maximum atomic E-state index is 12.3. The van der Waals surface area contributed by atoms with E-state index in [9.17, 15) is 4.79 Å². The van der Waals surface area contributed by atoms with Crippen LogP contribution < -0.4 is 10.6 Å². The summed E-state index contributed by atoms with van der Waals surface area (Å²) in [4.78, 5) is 12.3. The fourth-order valence-electron chi connectivity index (χ4n) is 4.63. The van der Waals surface area contributed by atoms with Crippen LogP contribution in [0.15, 0.2) is 0 Å². The Hall–Kier alpha value is -0.570.